The van der Waals surface area contributed by atoms with Crippen molar-refractivity contribution in [2.24, 2.45) is 0 Å². The van der Waals surface area contributed by atoms with Gasteiger partial charge < -0.3 is 5.32 Å². The van der Waals surface area contributed by atoms with Crippen molar-refractivity contribution in [2.75, 3.05) is 5.32 Å². The average Bonchev–Trinajstić information content (AvgIpc) is 3.42. The van der Waals surface area contributed by atoms with Crippen LogP contribution in [0.3, 0.4) is 0 Å². The molecule has 5 nitrogen and oxygen atoms in total. The molecule has 1 saturated carbocycles. The van der Waals surface area contributed by atoms with Crippen LogP contribution in [0.5, 0.6) is 0 Å². The van der Waals surface area contributed by atoms with Crippen LogP contribution in [-0.4, -0.2) is 20.2 Å². The molecule has 0 saturated heterocycles. The van der Waals surface area contributed by atoms with Gasteiger partial charge in [0, 0.05) is 33.7 Å². The van der Waals surface area contributed by atoms with Crippen LogP contribution in [0.1, 0.15) is 24.5 Å². The summed E-state index contributed by atoms with van der Waals surface area (Å²) in [5, 5.41) is 12.5. The Morgan fingerprint density at radius 1 is 1.00 bits per heavy atom. The molecule has 1 aliphatic rings. The van der Waals surface area contributed by atoms with Crippen molar-refractivity contribution in [3.8, 4) is 11.4 Å². The highest BCUT2D eigenvalue weighted by Crippen LogP contribution is 2.39. The predicted molar refractivity (Wildman–Crippen MR) is 104 cm³/mol. The van der Waals surface area contributed by atoms with E-state index in [1.54, 1.807) is 0 Å². The summed E-state index contributed by atoms with van der Waals surface area (Å²) in [5.74, 6) is 2.80. The summed E-state index contributed by atoms with van der Waals surface area (Å²) in [6, 6.07) is 17.6. The minimum atomic E-state index is 0.629. The van der Waals surface area contributed by atoms with Crippen molar-refractivity contribution < 1.29 is 0 Å². The number of hydrogen-bond donors (Lipinski definition) is 2. The Bertz CT molecular complexity index is 1080. The lowest BCUT2D eigenvalue weighted by Gasteiger charge is -2.09. The highest BCUT2D eigenvalue weighted by Gasteiger charge is 2.25. The number of anilines is 2. The van der Waals surface area contributed by atoms with Crippen molar-refractivity contribution >= 4 is 34.1 Å². The van der Waals surface area contributed by atoms with Crippen LogP contribution in [0.25, 0.3) is 22.3 Å². The lowest BCUT2D eigenvalue weighted by atomic mass is 10.2. The van der Waals surface area contributed by atoms with Crippen LogP contribution in [0, 0.1) is 0 Å². The number of para-hydroxylation sites is 1. The van der Waals surface area contributed by atoms with Gasteiger partial charge in [-0.25, -0.2) is 9.97 Å². The monoisotopic (exact) mass is 361 g/mol. The summed E-state index contributed by atoms with van der Waals surface area (Å²) < 4.78 is 0. The van der Waals surface area contributed by atoms with E-state index in [1.807, 2.05) is 48.5 Å². The molecular formula is C20H16ClN5. The topological polar surface area (TPSA) is 66.5 Å². The molecule has 1 fully saturated rings. The zero-order valence-corrected chi connectivity index (χ0v) is 14.7. The molecule has 2 N–H and O–H groups in total. The van der Waals surface area contributed by atoms with Crippen molar-refractivity contribution in [1.29, 1.82) is 0 Å². The number of nitrogens with zero attached hydrogens (tertiary/aromatic N) is 3. The van der Waals surface area contributed by atoms with Crippen LogP contribution in [0.2, 0.25) is 5.02 Å². The highest BCUT2D eigenvalue weighted by atomic mass is 35.5. The van der Waals surface area contributed by atoms with E-state index in [-0.39, 0.29) is 0 Å². The Kier molecular flexibility index (Phi) is 3.60. The van der Waals surface area contributed by atoms with Gasteiger partial charge in [-0.15, -0.1) is 0 Å². The van der Waals surface area contributed by atoms with E-state index in [0.717, 1.165) is 28.1 Å². The number of halogens is 1. The second-order valence-corrected chi connectivity index (χ2v) is 6.96. The molecule has 0 bridgehead atoms. The van der Waals surface area contributed by atoms with Gasteiger partial charge in [-0.05, 0) is 49.2 Å². The van der Waals surface area contributed by atoms with Crippen LogP contribution in [0.4, 0.5) is 11.6 Å². The summed E-state index contributed by atoms with van der Waals surface area (Å²) in [4.78, 5) is 9.45. The van der Waals surface area contributed by atoms with E-state index >= 15 is 0 Å². The number of fused-ring (bicyclic) bond motifs is 1. The van der Waals surface area contributed by atoms with Crippen LogP contribution >= 0.6 is 11.6 Å². The van der Waals surface area contributed by atoms with Crippen molar-refractivity contribution in [1.82, 2.24) is 20.2 Å². The number of aromatic amines is 1. The summed E-state index contributed by atoms with van der Waals surface area (Å²) in [6.45, 7) is 0. The van der Waals surface area contributed by atoms with Gasteiger partial charge in [0.05, 0.1) is 5.52 Å². The minimum Gasteiger partial charge on any atom is -0.323 e. The number of nitrogens with one attached hydrogen (secondary N) is 2. The second-order valence-electron chi connectivity index (χ2n) is 6.53. The first-order valence-electron chi connectivity index (χ1n) is 8.61. The maximum absolute atomic E-state index is 6.00. The maximum atomic E-state index is 6.00. The van der Waals surface area contributed by atoms with Crippen LogP contribution in [-0.2, 0) is 0 Å². The molecule has 2 aromatic heterocycles. The van der Waals surface area contributed by atoms with Gasteiger partial charge >= 0.3 is 0 Å². The van der Waals surface area contributed by atoms with Crippen LogP contribution in [0.15, 0.2) is 54.6 Å². The number of hydrogen-bond acceptors (Lipinski definition) is 4. The number of rotatable bonds is 4. The molecule has 0 unspecified atom stereocenters. The number of aromatic nitrogens is 4. The predicted octanol–water partition coefficient (Wildman–Crippen LogP) is 5.29. The van der Waals surface area contributed by atoms with Gasteiger partial charge in [0.2, 0.25) is 0 Å². The van der Waals surface area contributed by atoms with Crippen molar-refractivity contribution in [2.45, 2.75) is 18.8 Å². The molecule has 1 aliphatic carbocycles. The molecular weight excluding hydrogens is 346 g/mol. The SMILES string of the molecule is Clc1ccc(-c2nc(Nc3cc(C4CC4)[nH]n3)c3ccccc3n2)cc1. The van der Waals surface area contributed by atoms with Crippen molar-refractivity contribution in [3.63, 3.8) is 0 Å². The maximum Gasteiger partial charge on any atom is 0.162 e. The Balaban J connectivity index is 1.58. The molecule has 0 amide bonds. The van der Waals surface area contributed by atoms with E-state index in [2.05, 4.69) is 21.6 Å². The summed E-state index contributed by atoms with van der Waals surface area (Å²) in [6.07, 6.45) is 2.47. The highest BCUT2D eigenvalue weighted by molar-refractivity contribution is 6.30. The molecule has 128 valence electrons. The first-order valence-corrected chi connectivity index (χ1v) is 8.99. The van der Waals surface area contributed by atoms with Gasteiger partial charge in [0.25, 0.3) is 0 Å². The molecule has 4 aromatic rings. The summed E-state index contributed by atoms with van der Waals surface area (Å²) in [5.41, 5.74) is 2.99. The third-order valence-corrected chi connectivity index (χ3v) is 4.82. The fourth-order valence-electron chi connectivity index (χ4n) is 3.03. The molecule has 0 atom stereocenters. The first-order chi connectivity index (χ1) is 12.8. The van der Waals surface area contributed by atoms with E-state index in [9.17, 15) is 0 Å². The minimum absolute atomic E-state index is 0.629. The van der Waals surface area contributed by atoms with E-state index in [4.69, 9.17) is 21.6 Å². The standard InChI is InChI=1S/C20H16ClN5/c21-14-9-7-13(8-10-14)19-22-16-4-2-1-3-15(16)20(24-19)23-18-11-17(25-26-18)12-5-6-12/h1-4,7-12H,5-6H2,(H2,22,23,24,25,26). The van der Waals surface area contributed by atoms with Gasteiger partial charge in [-0.2, -0.15) is 5.10 Å². The fraction of sp³-hybridized carbons (Fsp3) is 0.150. The van der Waals surface area contributed by atoms with E-state index in [1.165, 1.54) is 18.5 Å². The van der Waals surface area contributed by atoms with E-state index in [0.29, 0.717) is 16.8 Å². The molecule has 26 heavy (non-hydrogen) atoms. The Morgan fingerprint density at radius 2 is 1.81 bits per heavy atom. The third-order valence-electron chi connectivity index (χ3n) is 4.57. The molecule has 2 aromatic carbocycles. The molecule has 0 radical (unpaired) electrons. The lowest BCUT2D eigenvalue weighted by Crippen LogP contribution is -1.99. The zero-order valence-electron chi connectivity index (χ0n) is 13.9. The number of benzene rings is 2. The Morgan fingerprint density at radius 3 is 2.62 bits per heavy atom. The smallest absolute Gasteiger partial charge is 0.162 e. The molecule has 0 aliphatic heterocycles. The van der Waals surface area contributed by atoms with Crippen LogP contribution < -0.4 is 5.32 Å². The largest absolute Gasteiger partial charge is 0.323 e. The second kappa shape index (κ2) is 6.11. The molecule has 6 heteroatoms. The Hall–Kier alpha value is -2.92. The van der Waals surface area contributed by atoms with Gasteiger partial charge in [0.1, 0.15) is 5.82 Å². The van der Waals surface area contributed by atoms with Gasteiger partial charge in [-0.3, -0.25) is 5.10 Å². The van der Waals surface area contributed by atoms with Crippen molar-refractivity contribution in [3.05, 3.63) is 65.3 Å². The quantitative estimate of drug-likeness (QED) is 0.518. The summed E-state index contributed by atoms with van der Waals surface area (Å²) >= 11 is 6.00. The fourth-order valence-corrected chi connectivity index (χ4v) is 3.15. The zero-order chi connectivity index (χ0) is 17.5. The van der Waals surface area contributed by atoms with Gasteiger partial charge in [0.15, 0.2) is 11.6 Å². The Labute approximate surface area is 155 Å². The molecule has 5 rings (SSSR count). The van der Waals surface area contributed by atoms with E-state index < -0.39 is 0 Å². The first kappa shape index (κ1) is 15.3. The number of H-pyrrole nitrogens is 1. The normalized spacial score (nSPS) is 13.9. The van der Waals surface area contributed by atoms with Gasteiger partial charge in [-0.1, -0.05) is 23.7 Å². The third kappa shape index (κ3) is 2.91. The molecule has 2 heterocycles. The molecule has 0 spiro atoms. The average molecular weight is 362 g/mol. The lowest BCUT2D eigenvalue weighted by molar-refractivity contribution is 0.966. The summed E-state index contributed by atoms with van der Waals surface area (Å²) in [7, 11) is 0.